The predicted molar refractivity (Wildman–Crippen MR) is 92.9 cm³/mol. The third-order valence-electron chi connectivity index (χ3n) is 4.37. The average molecular weight is 342 g/mol. The Morgan fingerprint density at radius 3 is 2.79 bits per heavy atom. The van der Waals surface area contributed by atoms with Gasteiger partial charge in [0.25, 0.3) is 11.7 Å². The zero-order valence-electron chi connectivity index (χ0n) is 13.4. The van der Waals surface area contributed by atoms with E-state index in [1.807, 2.05) is 24.5 Å². The van der Waals surface area contributed by atoms with E-state index < -0.39 is 5.79 Å². The first-order valence-electron chi connectivity index (χ1n) is 8.02. The maximum atomic E-state index is 12.5. The molecule has 2 aromatic rings. The normalized spacial score (nSPS) is 17.2. The van der Waals surface area contributed by atoms with Gasteiger partial charge in [-0.25, -0.2) is 4.98 Å². The molecule has 6 heteroatoms. The van der Waals surface area contributed by atoms with Crippen LogP contribution in [0.15, 0.2) is 41.6 Å². The molecular formula is C18H18N2O3S. The molecule has 1 spiro atoms. The summed E-state index contributed by atoms with van der Waals surface area (Å²) in [6.45, 7) is 0. The van der Waals surface area contributed by atoms with E-state index in [0.717, 1.165) is 31.4 Å². The van der Waals surface area contributed by atoms with E-state index >= 15 is 0 Å². The van der Waals surface area contributed by atoms with Crippen molar-refractivity contribution in [2.75, 3.05) is 11.6 Å². The molecule has 0 atom stereocenters. The average Bonchev–Trinajstić information content (AvgIpc) is 3.20. The zero-order chi connectivity index (χ0) is 16.6. The van der Waals surface area contributed by atoms with Crippen molar-refractivity contribution in [1.82, 2.24) is 4.98 Å². The van der Waals surface area contributed by atoms with Crippen molar-refractivity contribution in [1.29, 1.82) is 0 Å². The first-order chi connectivity index (χ1) is 11.7. The molecule has 4 rings (SSSR count). The summed E-state index contributed by atoms with van der Waals surface area (Å²) in [5.74, 6) is 0.786. The number of aromatic nitrogens is 1. The molecule has 0 radical (unpaired) electrons. The molecular weight excluding hydrogens is 324 g/mol. The summed E-state index contributed by atoms with van der Waals surface area (Å²) in [6.07, 6.45) is 7.66. The summed E-state index contributed by atoms with van der Waals surface area (Å²) in [5, 5.41) is 3.62. The number of carbonyl (C=O) groups is 1. The van der Waals surface area contributed by atoms with Crippen LogP contribution in [0.1, 0.15) is 36.0 Å². The summed E-state index contributed by atoms with van der Waals surface area (Å²) in [6, 6.07) is 9.06. The lowest BCUT2D eigenvalue weighted by Gasteiger charge is -2.21. The highest BCUT2D eigenvalue weighted by Crippen LogP contribution is 2.47. The van der Waals surface area contributed by atoms with Crippen LogP contribution >= 0.6 is 11.8 Å². The molecule has 2 aliphatic rings. The number of hydrogen-bond donors (Lipinski definition) is 1. The van der Waals surface area contributed by atoms with E-state index in [4.69, 9.17) is 9.47 Å². The fourth-order valence-electron chi connectivity index (χ4n) is 3.21. The smallest absolute Gasteiger partial charge is 0.258 e. The lowest BCUT2D eigenvalue weighted by Crippen LogP contribution is -2.34. The molecule has 24 heavy (non-hydrogen) atoms. The lowest BCUT2D eigenvalue weighted by molar-refractivity contribution is -0.0716. The molecule has 1 N–H and O–H groups in total. The van der Waals surface area contributed by atoms with Gasteiger partial charge < -0.3 is 14.8 Å². The van der Waals surface area contributed by atoms with Crippen LogP contribution in [0.25, 0.3) is 0 Å². The summed E-state index contributed by atoms with van der Waals surface area (Å²) >= 11 is 1.45. The summed E-state index contributed by atoms with van der Waals surface area (Å²) in [7, 11) is 0. The molecule has 1 aliphatic carbocycles. The van der Waals surface area contributed by atoms with Gasteiger partial charge in [-0.1, -0.05) is 0 Å². The highest BCUT2D eigenvalue weighted by Gasteiger charge is 2.44. The predicted octanol–water partition coefficient (Wildman–Crippen LogP) is 4.10. The number of fused-ring (bicyclic) bond motifs is 1. The van der Waals surface area contributed by atoms with E-state index in [1.165, 1.54) is 11.8 Å². The number of anilines is 1. The second-order valence-electron chi connectivity index (χ2n) is 6.00. The van der Waals surface area contributed by atoms with Crippen LogP contribution in [0.2, 0.25) is 0 Å². The Kier molecular flexibility index (Phi) is 3.84. The quantitative estimate of drug-likeness (QED) is 0.851. The first kappa shape index (κ1) is 15.3. The SMILES string of the molecule is CSc1ncccc1C(=O)Nc1ccc2c(c1)OC1(CCCC1)O2. The van der Waals surface area contributed by atoms with Gasteiger partial charge >= 0.3 is 0 Å². The van der Waals surface area contributed by atoms with Gasteiger partial charge in [-0.15, -0.1) is 11.8 Å². The topological polar surface area (TPSA) is 60.5 Å². The molecule has 1 saturated carbocycles. The van der Waals surface area contributed by atoms with E-state index in [2.05, 4.69) is 10.3 Å². The van der Waals surface area contributed by atoms with Crippen molar-refractivity contribution in [3.05, 3.63) is 42.1 Å². The van der Waals surface area contributed by atoms with Crippen LogP contribution in [0, 0.1) is 0 Å². The molecule has 1 amide bonds. The lowest BCUT2D eigenvalue weighted by atomic mass is 10.2. The van der Waals surface area contributed by atoms with E-state index in [1.54, 1.807) is 18.3 Å². The fourth-order valence-corrected chi connectivity index (χ4v) is 3.76. The van der Waals surface area contributed by atoms with Gasteiger partial charge in [-0.2, -0.15) is 0 Å². The van der Waals surface area contributed by atoms with Crippen LogP contribution in [-0.2, 0) is 0 Å². The Balaban J connectivity index is 1.54. The molecule has 1 fully saturated rings. The highest BCUT2D eigenvalue weighted by atomic mass is 32.2. The maximum Gasteiger partial charge on any atom is 0.258 e. The van der Waals surface area contributed by atoms with Crippen molar-refractivity contribution in [3.63, 3.8) is 0 Å². The largest absolute Gasteiger partial charge is 0.448 e. The number of benzene rings is 1. The third-order valence-corrected chi connectivity index (χ3v) is 5.08. The number of rotatable bonds is 3. The zero-order valence-corrected chi connectivity index (χ0v) is 14.2. The van der Waals surface area contributed by atoms with Crippen molar-refractivity contribution in [2.45, 2.75) is 36.5 Å². The summed E-state index contributed by atoms with van der Waals surface area (Å²) < 4.78 is 12.0. The van der Waals surface area contributed by atoms with Gasteiger partial charge in [0.1, 0.15) is 5.03 Å². The Morgan fingerprint density at radius 2 is 2.00 bits per heavy atom. The number of carbonyl (C=O) groups excluding carboxylic acids is 1. The monoisotopic (exact) mass is 342 g/mol. The van der Waals surface area contributed by atoms with Crippen LogP contribution in [0.3, 0.4) is 0 Å². The minimum Gasteiger partial charge on any atom is -0.448 e. The number of thioether (sulfide) groups is 1. The minimum absolute atomic E-state index is 0.179. The molecule has 0 unspecified atom stereocenters. The Bertz CT molecular complexity index is 788. The van der Waals surface area contributed by atoms with Gasteiger partial charge in [0, 0.05) is 30.8 Å². The number of hydrogen-bond acceptors (Lipinski definition) is 5. The molecule has 0 saturated heterocycles. The van der Waals surface area contributed by atoms with Crippen molar-refractivity contribution < 1.29 is 14.3 Å². The van der Waals surface area contributed by atoms with E-state index in [9.17, 15) is 4.79 Å². The molecule has 1 aromatic heterocycles. The molecule has 0 bridgehead atoms. The van der Waals surface area contributed by atoms with Crippen molar-refractivity contribution in [3.8, 4) is 11.5 Å². The minimum atomic E-state index is -0.486. The van der Waals surface area contributed by atoms with Gasteiger partial charge in [-0.05, 0) is 43.4 Å². The number of ether oxygens (including phenoxy) is 2. The molecule has 2 heterocycles. The van der Waals surface area contributed by atoms with Crippen LogP contribution in [-0.4, -0.2) is 22.9 Å². The Hall–Kier alpha value is -2.21. The van der Waals surface area contributed by atoms with Gasteiger partial charge in [0.15, 0.2) is 11.5 Å². The van der Waals surface area contributed by atoms with Gasteiger partial charge in [-0.3, -0.25) is 4.79 Å². The van der Waals surface area contributed by atoms with E-state index in [-0.39, 0.29) is 5.91 Å². The summed E-state index contributed by atoms with van der Waals surface area (Å²) in [4.78, 5) is 16.7. The van der Waals surface area contributed by atoms with E-state index in [0.29, 0.717) is 22.0 Å². The van der Waals surface area contributed by atoms with Crippen LogP contribution in [0.5, 0.6) is 11.5 Å². The van der Waals surface area contributed by atoms with Gasteiger partial charge in [0.2, 0.25) is 0 Å². The molecule has 1 aliphatic heterocycles. The first-order valence-corrected chi connectivity index (χ1v) is 9.24. The van der Waals surface area contributed by atoms with Crippen LogP contribution in [0.4, 0.5) is 5.69 Å². The second kappa shape index (κ2) is 6.02. The summed E-state index contributed by atoms with van der Waals surface area (Å²) in [5.41, 5.74) is 1.25. The Labute approximate surface area is 144 Å². The number of nitrogens with one attached hydrogen (secondary N) is 1. The third kappa shape index (κ3) is 2.71. The number of pyridine rings is 1. The molecule has 124 valence electrons. The number of amides is 1. The Morgan fingerprint density at radius 1 is 1.21 bits per heavy atom. The second-order valence-corrected chi connectivity index (χ2v) is 6.79. The fraction of sp³-hybridized carbons (Fsp3) is 0.333. The number of nitrogens with zero attached hydrogens (tertiary/aromatic N) is 1. The van der Waals surface area contributed by atoms with Gasteiger partial charge in [0.05, 0.1) is 5.56 Å². The van der Waals surface area contributed by atoms with Crippen molar-refractivity contribution >= 4 is 23.4 Å². The molecule has 5 nitrogen and oxygen atoms in total. The van der Waals surface area contributed by atoms with Crippen molar-refractivity contribution in [2.24, 2.45) is 0 Å². The highest BCUT2D eigenvalue weighted by molar-refractivity contribution is 7.98. The maximum absolute atomic E-state index is 12.5. The van der Waals surface area contributed by atoms with Crippen LogP contribution < -0.4 is 14.8 Å². The molecule has 1 aromatic carbocycles. The standard InChI is InChI=1S/C18H18N2O3S/c1-24-17-13(5-4-10-19-17)16(21)20-12-6-7-14-15(11-12)23-18(22-14)8-2-3-9-18/h4-7,10-11H,2-3,8-9H2,1H3,(H,20,21).